The van der Waals surface area contributed by atoms with Gasteiger partial charge in [-0.15, -0.1) is 33.7 Å². The van der Waals surface area contributed by atoms with Crippen molar-refractivity contribution in [2.45, 2.75) is 13.8 Å². The first-order chi connectivity index (χ1) is 6.12. The van der Waals surface area contributed by atoms with Gasteiger partial charge in [0, 0.05) is 11.8 Å². The van der Waals surface area contributed by atoms with Gasteiger partial charge in [-0.1, -0.05) is 13.8 Å². The van der Waals surface area contributed by atoms with Crippen molar-refractivity contribution in [1.29, 1.82) is 0 Å². The first-order valence-electron chi connectivity index (χ1n) is 4.36. The molecular weight excluding hydrogens is 200 g/mol. The zero-order valence-electron chi connectivity index (χ0n) is 8.37. The SMILES string of the molecule is CSC1=NN=C(SC)[C@H]2[C@@H]1C2(C)C. The van der Waals surface area contributed by atoms with Crippen LogP contribution in [0.15, 0.2) is 10.2 Å². The van der Waals surface area contributed by atoms with E-state index < -0.39 is 0 Å². The summed E-state index contributed by atoms with van der Waals surface area (Å²) in [4.78, 5) is 0. The first kappa shape index (κ1) is 9.59. The van der Waals surface area contributed by atoms with E-state index in [0.717, 1.165) is 0 Å². The van der Waals surface area contributed by atoms with Gasteiger partial charge in [-0.2, -0.15) is 0 Å². The summed E-state index contributed by atoms with van der Waals surface area (Å²) in [5.41, 5.74) is 0.389. The molecule has 0 N–H and O–H groups in total. The largest absolute Gasteiger partial charge is 0.148 e. The van der Waals surface area contributed by atoms with Crippen LogP contribution in [0.5, 0.6) is 0 Å². The molecule has 2 nitrogen and oxygen atoms in total. The summed E-state index contributed by atoms with van der Waals surface area (Å²) in [6.07, 6.45) is 4.17. The van der Waals surface area contributed by atoms with Gasteiger partial charge in [-0.25, -0.2) is 0 Å². The zero-order chi connectivity index (χ0) is 9.64. The molecule has 2 rings (SSSR count). The third-order valence-electron chi connectivity index (χ3n) is 3.02. The van der Waals surface area contributed by atoms with Crippen molar-refractivity contribution in [3.8, 4) is 0 Å². The van der Waals surface area contributed by atoms with Crippen molar-refractivity contribution in [2.24, 2.45) is 27.5 Å². The van der Waals surface area contributed by atoms with E-state index in [1.165, 1.54) is 10.1 Å². The summed E-state index contributed by atoms with van der Waals surface area (Å²) in [7, 11) is 0. The summed E-state index contributed by atoms with van der Waals surface area (Å²) in [5, 5.41) is 11.0. The van der Waals surface area contributed by atoms with E-state index in [1.54, 1.807) is 23.5 Å². The van der Waals surface area contributed by atoms with Gasteiger partial charge in [0.1, 0.15) is 0 Å². The summed E-state index contributed by atoms with van der Waals surface area (Å²) in [6, 6.07) is 0. The number of thioether (sulfide) groups is 2. The van der Waals surface area contributed by atoms with Gasteiger partial charge >= 0.3 is 0 Å². The van der Waals surface area contributed by atoms with E-state index >= 15 is 0 Å². The monoisotopic (exact) mass is 214 g/mol. The lowest BCUT2D eigenvalue weighted by Crippen LogP contribution is -2.07. The lowest BCUT2D eigenvalue weighted by Gasteiger charge is -2.06. The molecule has 2 atom stereocenters. The number of hydrogen-bond acceptors (Lipinski definition) is 4. The molecule has 0 saturated heterocycles. The standard InChI is InChI=1S/C9H14N2S2/c1-9(2)5-6(9)8(13-4)11-10-7(5)12-3/h5-6H,1-4H3/t5-,6+. The van der Waals surface area contributed by atoms with Crippen LogP contribution >= 0.6 is 23.5 Å². The highest BCUT2D eigenvalue weighted by Crippen LogP contribution is 2.63. The molecule has 13 heavy (non-hydrogen) atoms. The maximum atomic E-state index is 4.27. The molecule has 1 fully saturated rings. The maximum Gasteiger partial charge on any atom is 0.1000 e. The molecule has 0 aromatic rings. The average Bonchev–Trinajstić information content (AvgIpc) is 2.70. The van der Waals surface area contributed by atoms with Crippen LogP contribution in [0.3, 0.4) is 0 Å². The molecule has 0 radical (unpaired) electrons. The Balaban J connectivity index is 2.31. The van der Waals surface area contributed by atoms with Crippen LogP contribution in [0.1, 0.15) is 13.8 Å². The molecule has 0 aromatic heterocycles. The minimum Gasteiger partial charge on any atom is -0.148 e. The van der Waals surface area contributed by atoms with Crippen molar-refractivity contribution in [3.63, 3.8) is 0 Å². The molecule has 1 heterocycles. The lowest BCUT2D eigenvalue weighted by molar-refractivity contribution is 0.606. The van der Waals surface area contributed by atoms with Gasteiger partial charge in [-0.05, 0) is 17.9 Å². The number of rotatable bonds is 0. The van der Waals surface area contributed by atoms with E-state index in [0.29, 0.717) is 17.3 Å². The van der Waals surface area contributed by atoms with E-state index in [-0.39, 0.29) is 0 Å². The van der Waals surface area contributed by atoms with Gasteiger partial charge in [-0.3, -0.25) is 0 Å². The minimum absolute atomic E-state index is 0.389. The fraction of sp³-hybridized carbons (Fsp3) is 0.778. The Morgan fingerprint density at radius 1 is 1.00 bits per heavy atom. The Labute approximate surface area is 87.7 Å². The molecule has 2 aliphatic rings. The van der Waals surface area contributed by atoms with Crippen LogP contribution in [0, 0.1) is 17.3 Å². The Kier molecular flexibility index (Phi) is 2.23. The molecule has 72 valence electrons. The third kappa shape index (κ3) is 1.26. The van der Waals surface area contributed by atoms with Gasteiger partial charge in [0.25, 0.3) is 0 Å². The molecule has 1 aliphatic carbocycles. The van der Waals surface area contributed by atoms with E-state index in [9.17, 15) is 0 Å². The highest BCUT2D eigenvalue weighted by molar-refractivity contribution is 8.14. The lowest BCUT2D eigenvalue weighted by atomic mass is 10.1. The van der Waals surface area contributed by atoms with Crippen LogP contribution in [0.25, 0.3) is 0 Å². The fourth-order valence-corrected chi connectivity index (χ4v) is 3.75. The summed E-state index contributed by atoms with van der Waals surface area (Å²) in [6.45, 7) is 4.62. The Morgan fingerprint density at radius 2 is 1.38 bits per heavy atom. The predicted molar refractivity (Wildman–Crippen MR) is 62.7 cm³/mol. The quantitative estimate of drug-likeness (QED) is 0.619. The molecular formula is C9H14N2S2. The fourth-order valence-electron chi connectivity index (χ4n) is 2.12. The second kappa shape index (κ2) is 3.02. The molecule has 1 aliphatic heterocycles. The first-order valence-corrected chi connectivity index (χ1v) is 6.81. The molecule has 4 heteroatoms. The van der Waals surface area contributed by atoms with Crippen LogP contribution in [-0.2, 0) is 0 Å². The van der Waals surface area contributed by atoms with E-state index in [4.69, 9.17) is 0 Å². The van der Waals surface area contributed by atoms with E-state index in [2.05, 4.69) is 36.6 Å². The van der Waals surface area contributed by atoms with Gasteiger partial charge in [0.15, 0.2) is 0 Å². The summed E-state index contributed by atoms with van der Waals surface area (Å²) >= 11 is 3.49. The zero-order valence-corrected chi connectivity index (χ0v) is 10.00. The van der Waals surface area contributed by atoms with Crippen LogP contribution in [0.4, 0.5) is 0 Å². The van der Waals surface area contributed by atoms with Gasteiger partial charge in [0.05, 0.1) is 10.1 Å². The Hall–Kier alpha value is 0.0400. The summed E-state index contributed by atoms with van der Waals surface area (Å²) < 4.78 is 0. The predicted octanol–water partition coefficient (Wildman–Crippen LogP) is 2.71. The minimum atomic E-state index is 0.389. The molecule has 0 aromatic carbocycles. The van der Waals surface area contributed by atoms with Crippen molar-refractivity contribution in [2.75, 3.05) is 12.5 Å². The topological polar surface area (TPSA) is 24.7 Å². The number of hydrogen-bond donors (Lipinski definition) is 0. The molecule has 1 saturated carbocycles. The maximum absolute atomic E-state index is 4.27. The molecule has 0 amide bonds. The Bertz CT molecular complexity index is 266. The van der Waals surface area contributed by atoms with E-state index in [1.807, 2.05) is 0 Å². The molecule has 0 unspecified atom stereocenters. The number of nitrogens with zero attached hydrogens (tertiary/aromatic N) is 2. The van der Waals surface area contributed by atoms with Crippen LogP contribution < -0.4 is 0 Å². The molecule has 0 spiro atoms. The van der Waals surface area contributed by atoms with Gasteiger partial charge in [0.2, 0.25) is 0 Å². The third-order valence-corrected chi connectivity index (χ3v) is 4.53. The highest BCUT2D eigenvalue weighted by atomic mass is 32.2. The van der Waals surface area contributed by atoms with Crippen molar-refractivity contribution < 1.29 is 0 Å². The normalized spacial score (nSPS) is 34.8. The van der Waals surface area contributed by atoms with Crippen molar-refractivity contribution >= 4 is 33.6 Å². The van der Waals surface area contributed by atoms with Gasteiger partial charge < -0.3 is 0 Å². The highest BCUT2D eigenvalue weighted by Gasteiger charge is 2.63. The summed E-state index contributed by atoms with van der Waals surface area (Å²) in [5.74, 6) is 1.28. The number of fused-ring (bicyclic) bond motifs is 1. The second-order valence-corrected chi connectivity index (χ2v) is 5.71. The van der Waals surface area contributed by atoms with Crippen LogP contribution in [-0.4, -0.2) is 22.6 Å². The molecule has 0 bridgehead atoms. The Morgan fingerprint density at radius 3 is 1.69 bits per heavy atom. The van der Waals surface area contributed by atoms with Crippen molar-refractivity contribution in [1.82, 2.24) is 0 Å². The second-order valence-electron chi connectivity index (χ2n) is 4.06. The van der Waals surface area contributed by atoms with Crippen molar-refractivity contribution in [3.05, 3.63) is 0 Å². The van der Waals surface area contributed by atoms with Crippen LogP contribution in [0.2, 0.25) is 0 Å². The smallest absolute Gasteiger partial charge is 0.1000 e. The average molecular weight is 214 g/mol.